The van der Waals surface area contributed by atoms with Gasteiger partial charge in [-0.05, 0) is 41.5 Å². The van der Waals surface area contributed by atoms with Gasteiger partial charge in [-0.15, -0.1) is 0 Å². The van der Waals surface area contributed by atoms with Crippen molar-refractivity contribution in [2.75, 3.05) is 5.32 Å². The number of nitrogens with one attached hydrogen (secondary N) is 1. The SMILES string of the molecule is CCc1cccc(CC)c1NC(=O)C[n+]1ccc(Cc2ccccc2)cc1. The van der Waals surface area contributed by atoms with Gasteiger partial charge in [0.15, 0.2) is 12.4 Å². The molecule has 0 atom stereocenters. The first-order chi connectivity index (χ1) is 13.2. The first-order valence-corrected chi connectivity index (χ1v) is 9.62. The first-order valence-electron chi connectivity index (χ1n) is 9.62. The standard InChI is InChI=1S/C24H26N2O/c1-3-21-11-8-12-22(4-2)24(21)25-23(27)18-26-15-13-20(14-16-26)17-19-9-6-5-7-10-19/h5-16H,3-4,17-18H2,1-2H3/p+1. The van der Waals surface area contributed by atoms with Crippen LogP contribution in [-0.4, -0.2) is 5.91 Å². The minimum atomic E-state index is 0.00593. The lowest BCUT2D eigenvalue weighted by molar-refractivity contribution is -0.684. The number of amides is 1. The molecule has 1 heterocycles. The minimum Gasteiger partial charge on any atom is -0.320 e. The van der Waals surface area contributed by atoms with Crippen LogP contribution in [0.1, 0.15) is 36.1 Å². The van der Waals surface area contributed by atoms with E-state index >= 15 is 0 Å². The molecule has 0 radical (unpaired) electrons. The summed E-state index contributed by atoms with van der Waals surface area (Å²) in [5.74, 6) is 0.00593. The topological polar surface area (TPSA) is 33.0 Å². The van der Waals surface area contributed by atoms with E-state index in [1.165, 1.54) is 22.3 Å². The fourth-order valence-electron chi connectivity index (χ4n) is 3.29. The van der Waals surface area contributed by atoms with E-state index in [-0.39, 0.29) is 5.91 Å². The number of carbonyl (C=O) groups is 1. The van der Waals surface area contributed by atoms with Gasteiger partial charge < -0.3 is 5.32 Å². The molecule has 0 aliphatic heterocycles. The number of hydrogen-bond donors (Lipinski definition) is 1. The maximum atomic E-state index is 12.6. The Morgan fingerprint density at radius 2 is 1.41 bits per heavy atom. The number of rotatable bonds is 7. The van der Waals surface area contributed by atoms with Gasteiger partial charge in [0.1, 0.15) is 0 Å². The Hall–Kier alpha value is -2.94. The molecule has 3 nitrogen and oxygen atoms in total. The van der Waals surface area contributed by atoms with Crippen LogP contribution in [0.5, 0.6) is 0 Å². The predicted octanol–water partition coefficient (Wildman–Crippen LogP) is 4.33. The zero-order valence-electron chi connectivity index (χ0n) is 16.1. The van der Waals surface area contributed by atoms with Crippen LogP contribution in [0.25, 0.3) is 0 Å². The van der Waals surface area contributed by atoms with E-state index in [2.05, 4.69) is 73.8 Å². The van der Waals surface area contributed by atoms with Crippen molar-refractivity contribution >= 4 is 11.6 Å². The number of anilines is 1. The highest BCUT2D eigenvalue weighted by Crippen LogP contribution is 2.22. The maximum Gasteiger partial charge on any atom is 0.290 e. The molecule has 0 bridgehead atoms. The van der Waals surface area contributed by atoms with Crippen molar-refractivity contribution in [3.63, 3.8) is 0 Å². The van der Waals surface area contributed by atoms with Gasteiger partial charge in [0.2, 0.25) is 6.54 Å². The van der Waals surface area contributed by atoms with E-state index in [9.17, 15) is 4.79 Å². The molecule has 3 rings (SSSR count). The van der Waals surface area contributed by atoms with Gasteiger partial charge in [-0.3, -0.25) is 4.79 Å². The zero-order chi connectivity index (χ0) is 19.1. The summed E-state index contributed by atoms with van der Waals surface area (Å²) in [5.41, 5.74) is 5.88. The minimum absolute atomic E-state index is 0.00593. The van der Waals surface area contributed by atoms with Crippen molar-refractivity contribution in [1.29, 1.82) is 0 Å². The highest BCUT2D eigenvalue weighted by molar-refractivity contribution is 5.91. The summed E-state index contributed by atoms with van der Waals surface area (Å²) in [5, 5.41) is 3.12. The van der Waals surface area contributed by atoms with Crippen molar-refractivity contribution in [2.24, 2.45) is 0 Å². The summed E-state index contributed by atoms with van der Waals surface area (Å²) >= 11 is 0. The van der Waals surface area contributed by atoms with Gasteiger partial charge in [0.25, 0.3) is 5.91 Å². The number of pyridine rings is 1. The van der Waals surface area contributed by atoms with Crippen LogP contribution in [0.2, 0.25) is 0 Å². The summed E-state index contributed by atoms with van der Waals surface area (Å²) in [6.45, 7) is 4.54. The van der Waals surface area contributed by atoms with Crippen LogP contribution in [0.3, 0.4) is 0 Å². The van der Waals surface area contributed by atoms with Crippen molar-refractivity contribution in [1.82, 2.24) is 0 Å². The molecule has 3 aromatic rings. The molecular formula is C24H27N2O+. The van der Waals surface area contributed by atoms with Gasteiger partial charge >= 0.3 is 0 Å². The fraction of sp³-hybridized carbons (Fsp3) is 0.250. The van der Waals surface area contributed by atoms with Crippen LogP contribution in [0, 0.1) is 0 Å². The molecule has 27 heavy (non-hydrogen) atoms. The Bertz CT molecular complexity index is 864. The summed E-state index contributed by atoms with van der Waals surface area (Å²) in [6, 6.07) is 20.8. The number of carbonyl (C=O) groups excluding carboxylic acids is 1. The lowest BCUT2D eigenvalue weighted by atomic mass is 10.0. The summed E-state index contributed by atoms with van der Waals surface area (Å²) < 4.78 is 1.92. The van der Waals surface area contributed by atoms with Crippen LogP contribution >= 0.6 is 0 Å². The van der Waals surface area contributed by atoms with Crippen LogP contribution in [-0.2, 0) is 30.6 Å². The molecule has 0 aliphatic carbocycles. The van der Waals surface area contributed by atoms with Crippen LogP contribution in [0.15, 0.2) is 73.1 Å². The lowest BCUT2D eigenvalue weighted by Gasteiger charge is -2.13. The molecule has 1 aromatic heterocycles. The highest BCUT2D eigenvalue weighted by Gasteiger charge is 2.14. The highest BCUT2D eigenvalue weighted by atomic mass is 16.1. The largest absolute Gasteiger partial charge is 0.320 e. The van der Waals surface area contributed by atoms with Gasteiger partial charge in [0.05, 0.1) is 0 Å². The van der Waals surface area contributed by atoms with Gasteiger partial charge in [0, 0.05) is 17.8 Å². The Morgan fingerprint density at radius 3 is 2.00 bits per heavy atom. The van der Waals surface area contributed by atoms with Gasteiger partial charge in [-0.2, -0.15) is 4.57 Å². The molecule has 0 saturated heterocycles. The van der Waals surface area contributed by atoms with Gasteiger partial charge in [-0.25, -0.2) is 0 Å². The molecule has 2 aromatic carbocycles. The molecule has 3 heteroatoms. The first kappa shape index (κ1) is 18.8. The maximum absolute atomic E-state index is 12.6. The molecule has 1 amide bonds. The number of aryl methyl sites for hydroxylation is 2. The fourth-order valence-corrected chi connectivity index (χ4v) is 3.29. The number of nitrogens with zero attached hydrogens (tertiary/aromatic N) is 1. The Balaban J connectivity index is 1.65. The van der Waals surface area contributed by atoms with E-state index in [1.54, 1.807) is 0 Å². The van der Waals surface area contributed by atoms with Crippen molar-refractivity contribution in [2.45, 2.75) is 39.7 Å². The molecular weight excluding hydrogens is 332 g/mol. The number of para-hydroxylation sites is 1. The second-order valence-corrected chi connectivity index (χ2v) is 6.75. The number of aromatic nitrogens is 1. The summed E-state index contributed by atoms with van der Waals surface area (Å²) in [4.78, 5) is 12.6. The molecule has 0 spiro atoms. The second kappa shape index (κ2) is 9.13. The van der Waals surface area contributed by atoms with Crippen molar-refractivity contribution in [3.8, 4) is 0 Å². The molecule has 0 unspecified atom stereocenters. The monoisotopic (exact) mass is 359 g/mol. The number of benzene rings is 2. The third-order valence-electron chi connectivity index (χ3n) is 4.80. The van der Waals surface area contributed by atoms with Crippen LogP contribution in [0.4, 0.5) is 5.69 Å². The normalized spacial score (nSPS) is 10.6. The lowest BCUT2D eigenvalue weighted by Crippen LogP contribution is -2.39. The summed E-state index contributed by atoms with van der Waals surface area (Å²) in [6.07, 6.45) is 6.67. The average molecular weight is 359 g/mol. The van der Waals surface area contributed by atoms with E-state index in [1.807, 2.05) is 23.0 Å². The van der Waals surface area contributed by atoms with E-state index < -0.39 is 0 Å². The van der Waals surface area contributed by atoms with Crippen LogP contribution < -0.4 is 9.88 Å². The average Bonchev–Trinajstić information content (AvgIpc) is 2.70. The molecule has 0 fully saturated rings. The Labute approximate surface area is 161 Å². The Morgan fingerprint density at radius 1 is 0.815 bits per heavy atom. The summed E-state index contributed by atoms with van der Waals surface area (Å²) in [7, 11) is 0. The molecule has 138 valence electrons. The van der Waals surface area contributed by atoms with Gasteiger partial charge in [-0.1, -0.05) is 62.4 Å². The number of hydrogen-bond acceptors (Lipinski definition) is 1. The Kier molecular flexibility index (Phi) is 6.37. The second-order valence-electron chi connectivity index (χ2n) is 6.75. The van der Waals surface area contributed by atoms with E-state index in [4.69, 9.17) is 0 Å². The smallest absolute Gasteiger partial charge is 0.290 e. The zero-order valence-corrected chi connectivity index (χ0v) is 16.1. The molecule has 1 N–H and O–H groups in total. The van der Waals surface area contributed by atoms with E-state index in [0.717, 1.165) is 24.9 Å². The predicted molar refractivity (Wildman–Crippen MR) is 110 cm³/mol. The van der Waals surface area contributed by atoms with Crippen molar-refractivity contribution in [3.05, 3.63) is 95.3 Å². The molecule has 0 saturated carbocycles. The van der Waals surface area contributed by atoms with E-state index in [0.29, 0.717) is 6.54 Å². The third-order valence-corrected chi connectivity index (χ3v) is 4.80. The molecule has 0 aliphatic rings. The third kappa shape index (κ3) is 5.04. The quantitative estimate of drug-likeness (QED) is 0.626. The van der Waals surface area contributed by atoms with Crippen molar-refractivity contribution < 1.29 is 9.36 Å².